The van der Waals surface area contributed by atoms with E-state index in [1.54, 1.807) is 11.0 Å². The second-order valence-corrected chi connectivity index (χ2v) is 10.2. The fourth-order valence-corrected chi connectivity index (χ4v) is 5.49. The first-order chi connectivity index (χ1) is 19.1. The van der Waals surface area contributed by atoms with Crippen LogP contribution in [0.15, 0.2) is 82.0 Å². The van der Waals surface area contributed by atoms with Crippen molar-refractivity contribution in [2.45, 2.75) is 26.0 Å². The first-order valence-electron chi connectivity index (χ1n) is 13.5. The van der Waals surface area contributed by atoms with Crippen LogP contribution in [-0.2, 0) is 11.3 Å². The molecule has 0 saturated carbocycles. The minimum Gasteiger partial charge on any atom is -0.489 e. The molecule has 1 amide bonds. The summed E-state index contributed by atoms with van der Waals surface area (Å²) < 4.78 is 17.5. The quantitative estimate of drug-likeness (QED) is 0.325. The lowest BCUT2D eigenvalue weighted by Gasteiger charge is -2.29. The van der Waals surface area contributed by atoms with Crippen LogP contribution in [0.25, 0.3) is 11.0 Å². The van der Waals surface area contributed by atoms with Crippen molar-refractivity contribution in [2.75, 3.05) is 39.4 Å². The van der Waals surface area contributed by atoms with Gasteiger partial charge < -0.3 is 18.8 Å². The number of hydrogen-bond acceptors (Lipinski definition) is 6. The van der Waals surface area contributed by atoms with Gasteiger partial charge in [-0.2, -0.15) is 0 Å². The SMILES string of the molecule is Cc1ccc2oc3c(c(=O)c2c1)C(c1ccc(OCc2ccccc2)cc1)N(CCCN1CCOCC1)C3=O. The molecule has 1 saturated heterocycles. The Balaban J connectivity index is 1.31. The Kier molecular flexibility index (Phi) is 7.18. The maximum Gasteiger partial charge on any atom is 0.290 e. The number of amides is 1. The molecule has 2 aliphatic rings. The number of carbonyl (C=O) groups excluding carboxylic acids is 1. The van der Waals surface area contributed by atoms with Crippen LogP contribution in [0.5, 0.6) is 5.75 Å². The van der Waals surface area contributed by atoms with Gasteiger partial charge >= 0.3 is 0 Å². The number of aryl methyl sites for hydroxylation is 1. The van der Waals surface area contributed by atoms with Crippen LogP contribution < -0.4 is 10.2 Å². The zero-order chi connectivity index (χ0) is 26.8. The molecule has 1 atom stereocenters. The van der Waals surface area contributed by atoms with E-state index in [0.717, 1.165) is 61.7 Å². The van der Waals surface area contributed by atoms with E-state index >= 15 is 0 Å². The van der Waals surface area contributed by atoms with Gasteiger partial charge in [0.25, 0.3) is 5.91 Å². The normalized spacial score (nSPS) is 17.5. The first-order valence-corrected chi connectivity index (χ1v) is 13.5. The van der Waals surface area contributed by atoms with Gasteiger partial charge in [0.05, 0.1) is 30.2 Å². The zero-order valence-electron chi connectivity index (χ0n) is 22.1. The molecule has 200 valence electrons. The Hall–Kier alpha value is -3.94. The van der Waals surface area contributed by atoms with Gasteiger partial charge in [0.15, 0.2) is 5.43 Å². The summed E-state index contributed by atoms with van der Waals surface area (Å²) in [6.07, 6.45) is 0.793. The van der Waals surface area contributed by atoms with E-state index < -0.39 is 6.04 Å². The first kappa shape index (κ1) is 25.3. The molecule has 0 N–H and O–H groups in total. The van der Waals surface area contributed by atoms with Crippen LogP contribution in [0.2, 0.25) is 0 Å². The van der Waals surface area contributed by atoms with Crippen LogP contribution in [0.1, 0.15) is 45.3 Å². The predicted molar refractivity (Wildman–Crippen MR) is 149 cm³/mol. The lowest BCUT2D eigenvalue weighted by molar-refractivity contribution is 0.0353. The fraction of sp³-hybridized carbons (Fsp3) is 0.312. The fourth-order valence-electron chi connectivity index (χ4n) is 5.49. The predicted octanol–water partition coefficient (Wildman–Crippen LogP) is 4.95. The van der Waals surface area contributed by atoms with Crippen molar-refractivity contribution in [2.24, 2.45) is 0 Å². The topological polar surface area (TPSA) is 72.2 Å². The van der Waals surface area contributed by atoms with Crippen molar-refractivity contribution in [3.8, 4) is 5.75 Å². The van der Waals surface area contributed by atoms with Crippen molar-refractivity contribution in [1.29, 1.82) is 0 Å². The Labute approximate surface area is 227 Å². The number of fused-ring (bicyclic) bond motifs is 2. The standard InChI is InChI=1S/C32H32N2O5/c1-22-8-13-27-26(20-22)30(35)28-29(24-9-11-25(12-10-24)38-21-23-6-3-2-4-7-23)34(32(36)31(28)39-27)15-5-14-33-16-18-37-19-17-33/h2-4,6-13,20,29H,5,14-19,21H2,1H3. The van der Waals surface area contributed by atoms with Crippen molar-refractivity contribution >= 4 is 16.9 Å². The van der Waals surface area contributed by atoms with E-state index in [2.05, 4.69) is 4.90 Å². The molecule has 1 aromatic heterocycles. The number of rotatable bonds is 8. The lowest BCUT2D eigenvalue weighted by Crippen LogP contribution is -2.38. The molecule has 2 aliphatic heterocycles. The summed E-state index contributed by atoms with van der Waals surface area (Å²) in [7, 11) is 0. The summed E-state index contributed by atoms with van der Waals surface area (Å²) in [5, 5.41) is 0.504. The summed E-state index contributed by atoms with van der Waals surface area (Å²) in [5.41, 5.74) is 3.63. The molecule has 0 radical (unpaired) electrons. The molecule has 6 rings (SSSR count). The smallest absolute Gasteiger partial charge is 0.290 e. The molecule has 39 heavy (non-hydrogen) atoms. The van der Waals surface area contributed by atoms with Crippen LogP contribution in [0, 0.1) is 6.92 Å². The number of nitrogens with zero attached hydrogens (tertiary/aromatic N) is 2. The summed E-state index contributed by atoms with van der Waals surface area (Å²) in [5.74, 6) is 0.644. The van der Waals surface area contributed by atoms with Crippen molar-refractivity contribution in [1.82, 2.24) is 9.80 Å². The molecule has 0 spiro atoms. The summed E-state index contributed by atoms with van der Waals surface area (Å²) in [4.78, 5) is 31.6. The molecule has 7 nitrogen and oxygen atoms in total. The van der Waals surface area contributed by atoms with Gasteiger partial charge in [0.1, 0.15) is 17.9 Å². The van der Waals surface area contributed by atoms with Gasteiger partial charge in [0.2, 0.25) is 5.76 Å². The highest BCUT2D eigenvalue weighted by Crippen LogP contribution is 2.38. The molecule has 4 aromatic rings. The van der Waals surface area contributed by atoms with E-state index in [1.807, 2.05) is 73.7 Å². The Morgan fingerprint density at radius 1 is 0.923 bits per heavy atom. The molecule has 3 heterocycles. The van der Waals surface area contributed by atoms with Gasteiger partial charge in [0, 0.05) is 26.2 Å². The van der Waals surface area contributed by atoms with Gasteiger partial charge in [-0.1, -0.05) is 54.1 Å². The highest BCUT2D eigenvalue weighted by molar-refractivity contribution is 5.99. The largest absolute Gasteiger partial charge is 0.489 e. The van der Waals surface area contributed by atoms with E-state index in [0.29, 0.717) is 29.7 Å². The minimum absolute atomic E-state index is 0.145. The second kappa shape index (κ2) is 11.0. The van der Waals surface area contributed by atoms with Gasteiger partial charge in [-0.15, -0.1) is 0 Å². The van der Waals surface area contributed by atoms with Crippen molar-refractivity contribution in [3.63, 3.8) is 0 Å². The third kappa shape index (κ3) is 5.20. The molecule has 1 fully saturated rings. The number of morpholine rings is 1. The van der Waals surface area contributed by atoms with Crippen LogP contribution >= 0.6 is 0 Å². The highest BCUT2D eigenvalue weighted by Gasteiger charge is 2.42. The molecule has 0 bridgehead atoms. The number of benzene rings is 3. The molecule has 1 unspecified atom stereocenters. The highest BCUT2D eigenvalue weighted by atomic mass is 16.5. The Bertz CT molecular complexity index is 1520. The lowest BCUT2D eigenvalue weighted by atomic mass is 9.98. The summed E-state index contributed by atoms with van der Waals surface area (Å²) in [6.45, 7) is 7.06. The van der Waals surface area contributed by atoms with E-state index in [-0.39, 0.29) is 17.1 Å². The maximum atomic E-state index is 13.8. The average Bonchev–Trinajstić information content (AvgIpc) is 3.25. The van der Waals surface area contributed by atoms with Crippen LogP contribution in [0.3, 0.4) is 0 Å². The molecule has 3 aromatic carbocycles. The van der Waals surface area contributed by atoms with Gasteiger partial charge in [-0.25, -0.2) is 0 Å². The molecule has 7 heteroatoms. The van der Waals surface area contributed by atoms with Crippen molar-refractivity contribution < 1.29 is 18.7 Å². The van der Waals surface area contributed by atoms with Crippen LogP contribution in [-0.4, -0.2) is 55.1 Å². The van der Waals surface area contributed by atoms with E-state index in [9.17, 15) is 9.59 Å². The van der Waals surface area contributed by atoms with Crippen LogP contribution in [0.4, 0.5) is 0 Å². The van der Waals surface area contributed by atoms with E-state index in [4.69, 9.17) is 13.9 Å². The molecular weight excluding hydrogens is 492 g/mol. The second-order valence-electron chi connectivity index (χ2n) is 10.2. The van der Waals surface area contributed by atoms with E-state index in [1.165, 1.54) is 0 Å². The Morgan fingerprint density at radius 2 is 1.69 bits per heavy atom. The number of ether oxygens (including phenoxy) is 2. The van der Waals surface area contributed by atoms with Crippen molar-refractivity contribution in [3.05, 3.63) is 111 Å². The average molecular weight is 525 g/mol. The number of hydrogen-bond donors (Lipinski definition) is 0. The number of carbonyl (C=O) groups is 1. The minimum atomic E-state index is -0.512. The molecule has 0 aliphatic carbocycles. The van der Waals surface area contributed by atoms with Gasteiger partial charge in [-0.05, 0) is 48.7 Å². The third-order valence-electron chi connectivity index (χ3n) is 7.54. The molecular formula is C32H32N2O5. The summed E-state index contributed by atoms with van der Waals surface area (Å²) in [6, 6.07) is 22.7. The zero-order valence-corrected chi connectivity index (χ0v) is 22.1. The van der Waals surface area contributed by atoms with Gasteiger partial charge in [-0.3, -0.25) is 14.5 Å². The summed E-state index contributed by atoms with van der Waals surface area (Å²) >= 11 is 0. The Morgan fingerprint density at radius 3 is 2.46 bits per heavy atom. The monoisotopic (exact) mass is 524 g/mol. The third-order valence-corrected chi connectivity index (χ3v) is 7.54. The maximum absolute atomic E-state index is 13.8.